The van der Waals surface area contributed by atoms with Crippen molar-refractivity contribution in [1.82, 2.24) is 14.8 Å². The number of aromatic nitrogens is 3. The smallest absolute Gasteiger partial charge is 0.0908 e. The quantitative estimate of drug-likeness (QED) is 0.795. The number of aryl methyl sites for hydroxylation is 1. The number of hydrogen-bond donors (Lipinski definition) is 1. The van der Waals surface area contributed by atoms with Crippen LogP contribution in [0.15, 0.2) is 42.9 Å². The monoisotopic (exact) mass is 286 g/mol. The van der Waals surface area contributed by atoms with E-state index in [1.54, 1.807) is 6.20 Å². The molecule has 3 rings (SSSR count). The van der Waals surface area contributed by atoms with Crippen LogP contribution in [0.5, 0.6) is 0 Å². The van der Waals surface area contributed by atoms with Crippen LogP contribution in [0.3, 0.4) is 0 Å². The molecule has 3 aromatic rings. The Balaban J connectivity index is 1.86. The van der Waals surface area contributed by atoms with Crippen molar-refractivity contribution in [2.75, 3.05) is 5.32 Å². The minimum atomic E-state index is 0.671. The van der Waals surface area contributed by atoms with Gasteiger partial charge in [-0.25, -0.2) is 0 Å². The number of anilines is 1. The van der Waals surface area contributed by atoms with Crippen molar-refractivity contribution in [2.45, 2.75) is 20.0 Å². The van der Waals surface area contributed by atoms with E-state index in [0.29, 0.717) is 5.02 Å². The molecule has 0 bridgehead atoms. The van der Waals surface area contributed by atoms with Crippen LogP contribution in [0.2, 0.25) is 5.02 Å². The van der Waals surface area contributed by atoms with E-state index in [0.717, 1.165) is 35.2 Å². The Kier molecular flexibility index (Phi) is 3.56. The van der Waals surface area contributed by atoms with Crippen LogP contribution >= 0.6 is 11.6 Å². The second kappa shape index (κ2) is 5.51. The molecule has 0 aliphatic rings. The Labute approximate surface area is 122 Å². The molecule has 20 heavy (non-hydrogen) atoms. The third-order valence-electron chi connectivity index (χ3n) is 3.21. The van der Waals surface area contributed by atoms with Crippen molar-refractivity contribution in [3.63, 3.8) is 0 Å². The molecule has 4 nitrogen and oxygen atoms in total. The summed E-state index contributed by atoms with van der Waals surface area (Å²) in [7, 11) is 0. The predicted molar refractivity (Wildman–Crippen MR) is 82.0 cm³/mol. The maximum absolute atomic E-state index is 6.16. The first-order chi connectivity index (χ1) is 9.78. The highest BCUT2D eigenvalue weighted by Crippen LogP contribution is 2.28. The predicted octanol–water partition coefficient (Wildman–Crippen LogP) is 3.72. The molecular formula is C15H15ClN4. The molecule has 102 valence electrons. The van der Waals surface area contributed by atoms with Gasteiger partial charge in [-0.05, 0) is 31.2 Å². The molecule has 0 saturated heterocycles. The SMILES string of the molecule is CCn1cc(CNc2ccc(Cl)c3ncccc23)cn1. The first-order valence-corrected chi connectivity index (χ1v) is 6.94. The third kappa shape index (κ3) is 2.47. The van der Waals surface area contributed by atoms with Crippen LogP contribution in [-0.2, 0) is 13.1 Å². The maximum Gasteiger partial charge on any atom is 0.0908 e. The number of rotatable bonds is 4. The lowest BCUT2D eigenvalue weighted by atomic mass is 10.1. The lowest BCUT2D eigenvalue weighted by Crippen LogP contribution is -1.99. The van der Waals surface area contributed by atoms with Crippen LogP contribution in [0.25, 0.3) is 10.9 Å². The molecule has 0 spiro atoms. The standard InChI is InChI=1S/C15H15ClN4/c1-2-20-10-11(9-19-20)8-18-14-6-5-13(16)15-12(14)4-3-7-17-15/h3-7,9-10,18H,2,8H2,1H3. The van der Waals surface area contributed by atoms with Gasteiger partial charge in [0.25, 0.3) is 0 Å². The largest absolute Gasteiger partial charge is 0.380 e. The van der Waals surface area contributed by atoms with Gasteiger partial charge in [-0.15, -0.1) is 0 Å². The number of nitrogens with one attached hydrogen (secondary N) is 1. The summed E-state index contributed by atoms with van der Waals surface area (Å²) < 4.78 is 1.92. The van der Waals surface area contributed by atoms with E-state index in [2.05, 4.69) is 22.3 Å². The topological polar surface area (TPSA) is 42.7 Å². The fraction of sp³-hybridized carbons (Fsp3) is 0.200. The summed E-state index contributed by atoms with van der Waals surface area (Å²) in [6.45, 7) is 3.68. The normalized spacial score (nSPS) is 10.9. The molecule has 0 aliphatic heterocycles. The summed E-state index contributed by atoms with van der Waals surface area (Å²) in [5, 5.41) is 9.38. The molecule has 0 aliphatic carbocycles. The first-order valence-electron chi connectivity index (χ1n) is 6.56. The Morgan fingerprint density at radius 1 is 1.30 bits per heavy atom. The van der Waals surface area contributed by atoms with Gasteiger partial charge in [0.05, 0.1) is 16.7 Å². The van der Waals surface area contributed by atoms with E-state index in [9.17, 15) is 0 Å². The molecule has 1 N–H and O–H groups in total. The fourth-order valence-electron chi connectivity index (χ4n) is 2.16. The lowest BCUT2D eigenvalue weighted by Gasteiger charge is -2.09. The van der Waals surface area contributed by atoms with Crippen LogP contribution in [0.1, 0.15) is 12.5 Å². The van der Waals surface area contributed by atoms with Crippen LogP contribution in [-0.4, -0.2) is 14.8 Å². The van der Waals surface area contributed by atoms with E-state index in [4.69, 9.17) is 11.6 Å². The zero-order chi connectivity index (χ0) is 13.9. The van der Waals surface area contributed by atoms with Crippen LogP contribution < -0.4 is 5.32 Å². The summed E-state index contributed by atoms with van der Waals surface area (Å²) >= 11 is 6.16. The summed E-state index contributed by atoms with van der Waals surface area (Å²) in [6, 6.07) is 7.79. The number of nitrogens with zero attached hydrogens (tertiary/aromatic N) is 3. The van der Waals surface area contributed by atoms with Crippen molar-refractivity contribution in [3.8, 4) is 0 Å². The highest BCUT2D eigenvalue weighted by Gasteiger charge is 2.05. The molecule has 2 aromatic heterocycles. The van der Waals surface area contributed by atoms with Crippen molar-refractivity contribution in [3.05, 3.63) is 53.4 Å². The Morgan fingerprint density at radius 3 is 3.00 bits per heavy atom. The molecule has 0 amide bonds. The number of pyridine rings is 1. The van der Waals surface area contributed by atoms with Crippen LogP contribution in [0.4, 0.5) is 5.69 Å². The minimum Gasteiger partial charge on any atom is -0.380 e. The van der Waals surface area contributed by atoms with E-state index in [1.807, 2.05) is 41.3 Å². The summed E-state index contributed by atoms with van der Waals surface area (Å²) in [5.74, 6) is 0. The zero-order valence-electron chi connectivity index (χ0n) is 11.2. The van der Waals surface area contributed by atoms with Crippen LogP contribution in [0, 0.1) is 0 Å². The number of hydrogen-bond acceptors (Lipinski definition) is 3. The van der Waals surface area contributed by atoms with Crippen molar-refractivity contribution >= 4 is 28.2 Å². The van der Waals surface area contributed by atoms with Crippen molar-refractivity contribution in [1.29, 1.82) is 0 Å². The minimum absolute atomic E-state index is 0.671. The second-order valence-electron chi connectivity index (χ2n) is 4.55. The maximum atomic E-state index is 6.16. The Morgan fingerprint density at radius 2 is 2.20 bits per heavy atom. The molecule has 1 aromatic carbocycles. The summed E-state index contributed by atoms with van der Waals surface area (Å²) in [5.41, 5.74) is 3.00. The van der Waals surface area contributed by atoms with E-state index >= 15 is 0 Å². The third-order valence-corrected chi connectivity index (χ3v) is 3.52. The highest BCUT2D eigenvalue weighted by molar-refractivity contribution is 6.35. The molecule has 0 atom stereocenters. The average molecular weight is 287 g/mol. The average Bonchev–Trinajstić information content (AvgIpc) is 2.95. The van der Waals surface area contributed by atoms with E-state index in [-0.39, 0.29) is 0 Å². The second-order valence-corrected chi connectivity index (χ2v) is 4.96. The van der Waals surface area contributed by atoms with Gasteiger partial charge in [-0.1, -0.05) is 11.6 Å². The number of benzene rings is 1. The highest BCUT2D eigenvalue weighted by atomic mass is 35.5. The Hall–Kier alpha value is -2.07. The molecule has 2 heterocycles. The molecule has 5 heteroatoms. The fourth-order valence-corrected chi connectivity index (χ4v) is 2.37. The van der Waals surface area contributed by atoms with E-state index in [1.165, 1.54) is 0 Å². The number of fused-ring (bicyclic) bond motifs is 1. The Bertz CT molecular complexity index is 736. The van der Waals surface area contributed by atoms with Gasteiger partial charge >= 0.3 is 0 Å². The van der Waals surface area contributed by atoms with Gasteiger partial charge in [0, 0.05) is 42.1 Å². The molecule has 0 unspecified atom stereocenters. The lowest BCUT2D eigenvalue weighted by molar-refractivity contribution is 0.659. The molecule has 0 saturated carbocycles. The first kappa shape index (κ1) is 12.9. The van der Waals surface area contributed by atoms with Gasteiger partial charge in [-0.2, -0.15) is 5.10 Å². The molecule has 0 fully saturated rings. The van der Waals surface area contributed by atoms with Crippen molar-refractivity contribution < 1.29 is 0 Å². The van der Waals surface area contributed by atoms with Gasteiger partial charge in [0.15, 0.2) is 0 Å². The molecular weight excluding hydrogens is 272 g/mol. The number of halogens is 1. The van der Waals surface area contributed by atoms with Gasteiger partial charge in [0.1, 0.15) is 0 Å². The summed E-state index contributed by atoms with van der Waals surface area (Å²) in [4.78, 5) is 4.33. The summed E-state index contributed by atoms with van der Waals surface area (Å²) in [6.07, 6.45) is 5.68. The van der Waals surface area contributed by atoms with Gasteiger partial charge < -0.3 is 5.32 Å². The van der Waals surface area contributed by atoms with Gasteiger partial charge in [-0.3, -0.25) is 9.67 Å². The molecule has 0 radical (unpaired) electrons. The van der Waals surface area contributed by atoms with Crippen molar-refractivity contribution in [2.24, 2.45) is 0 Å². The zero-order valence-corrected chi connectivity index (χ0v) is 11.9. The van der Waals surface area contributed by atoms with Gasteiger partial charge in [0.2, 0.25) is 0 Å². The van der Waals surface area contributed by atoms with E-state index < -0.39 is 0 Å².